The summed E-state index contributed by atoms with van der Waals surface area (Å²) in [6.45, 7) is 0.328. The lowest BCUT2D eigenvalue weighted by atomic mass is 10.1. The molecule has 0 aliphatic rings. The fourth-order valence-corrected chi connectivity index (χ4v) is 2.20. The zero-order valence-corrected chi connectivity index (χ0v) is 12.6. The second kappa shape index (κ2) is 6.89. The average molecular weight is 323 g/mol. The molecule has 24 heavy (non-hydrogen) atoms. The molecule has 3 rings (SSSR count). The molecule has 0 bridgehead atoms. The zero-order chi connectivity index (χ0) is 16.9. The Balaban J connectivity index is 1.67. The van der Waals surface area contributed by atoms with E-state index < -0.39 is 5.82 Å². The van der Waals surface area contributed by atoms with Crippen molar-refractivity contribution in [2.75, 3.05) is 5.32 Å². The van der Waals surface area contributed by atoms with Crippen molar-refractivity contribution < 1.29 is 9.50 Å². The second-order valence-corrected chi connectivity index (χ2v) is 5.14. The van der Waals surface area contributed by atoms with Gasteiger partial charge in [-0.1, -0.05) is 11.3 Å². The summed E-state index contributed by atoms with van der Waals surface area (Å²) in [6, 6.07) is 13.8. The van der Waals surface area contributed by atoms with Crippen LogP contribution in [0.5, 0.6) is 0 Å². The second-order valence-electron chi connectivity index (χ2n) is 5.14. The molecule has 0 spiro atoms. The van der Waals surface area contributed by atoms with E-state index in [1.165, 1.54) is 12.1 Å². The van der Waals surface area contributed by atoms with E-state index in [-0.39, 0.29) is 12.2 Å². The quantitative estimate of drug-likeness (QED) is 0.753. The molecule has 0 saturated carbocycles. The van der Waals surface area contributed by atoms with Crippen LogP contribution in [0.25, 0.3) is 5.69 Å². The van der Waals surface area contributed by atoms with Crippen molar-refractivity contribution in [3.63, 3.8) is 0 Å². The van der Waals surface area contributed by atoms with Crippen molar-refractivity contribution >= 4 is 5.69 Å². The highest BCUT2D eigenvalue weighted by atomic mass is 19.1. The number of anilines is 1. The third-order valence-electron chi connectivity index (χ3n) is 3.48. The molecule has 0 aliphatic carbocycles. The molecular weight excluding hydrogens is 309 g/mol. The Kier molecular flexibility index (Phi) is 4.50. The molecule has 1 aromatic heterocycles. The lowest BCUT2D eigenvalue weighted by Gasteiger charge is -2.08. The summed E-state index contributed by atoms with van der Waals surface area (Å²) in [6.07, 6.45) is 1.66. The van der Waals surface area contributed by atoms with Gasteiger partial charge < -0.3 is 10.4 Å². The molecule has 0 amide bonds. The van der Waals surface area contributed by atoms with Gasteiger partial charge >= 0.3 is 0 Å². The largest absolute Gasteiger partial charge is 0.390 e. The van der Waals surface area contributed by atoms with Gasteiger partial charge in [-0.05, 0) is 42.0 Å². The monoisotopic (exact) mass is 323 g/mol. The van der Waals surface area contributed by atoms with Crippen molar-refractivity contribution in [1.82, 2.24) is 15.0 Å². The molecule has 0 fully saturated rings. The number of halogens is 1. The average Bonchev–Trinajstić information content (AvgIpc) is 3.10. The predicted molar refractivity (Wildman–Crippen MR) is 85.7 cm³/mol. The fourth-order valence-electron chi connectivity index (χ4n) is 2.20. The Bertz CT molecular complexity index is 883. The van der Waals surface area contributed by atoms with Crippen LogP contribution in [-0.4, -0.2) is 20.1 Å². The maximum Gasteiger partial charge on any atom is 0.140 e. The van der Waals surface area contributed by atoms with Gasteiger partial charge in [0.1, 0.15) is 17.6 Å². The van der Waals surface area contributed by atoms with Crippen LogP contribution in [-0.2, 0) is 13.2 Å². The number of aliphatic hydroxyl groups excluding tert-OH is 1. The van der Waals surface area contributed by atoms with Crippen LogP contribution in [0, 0.1) is 17.1 Å². The van der Waals surface area contributed by atoms with Crippen molar-refractivity contribution in [3.8, 4) is 11.8 Å². The smallest absolute Gasteiger partial charge is 0.140 e. The summed E-state index contributed by atoms with van der Waals surface area (Å²) in [4.78, 5) is 0. The summed E-state index contributed by atoms with van der Waals surface area (Å²) in [7, 11) is 0. The normalized spacial score (nSPS) is 10.4. The molecule has 120 valence electrons. The predicted octanol–water partition coefficient (Wildman–Crippen LogP) is 2.38. The fraction of sp³-hybridized carbons (Fsp3) is 0.118. The van der Waals surface area contributed by atoms with Gasteiger partial charge in [0.25, 0.3) is 0 Å². The minimum absolute atomic E-state index is 0.0375. The molecule has 7 heteroatoms. The molecule has 0 radical (unpaired) electrons. The number of nitrogens with one attached hydrogen (secondary N) is 1. The van der Waals surface area contributed by atoms with E-state index in [4.69, 9.17) is 10.4 Å². The number of nitriles is 1. The van der Waals surface area contributed by atoms with Gasteiger partial charge in [0.05, 0.1) is 24.1 Å². The Hall–Kier alpha value is -3.24. The van der Waals surface area contributed by atoms with Gasteiger partial charge in [-0.15, -0.1) is 5.10 Å². The number of benzene rings is 2. The molecular formula is C17H14FN5O. The van der Waals surface area contributed by atoms with Crippen molar-refractivity contribution in [1.29, 1.82) is 5.26 Å². The summed E-state index contributed by atoms with van der Waals surface area (Å²) in [5, 5.41) is 28.8. The summed E-state index contributed by atoms with van der Waals surface area (Å²) < 4.78 is 14.9. The van der Waals surface area contributed by atoms with Crippen LogP contribution in [0.1, 0.15) is 16.8 Å². The van der Waals surface area contributed by atoms with Crippen molar-refractivity contribution in [2.24, 2.45) is 0 Å². The Morgan fingerprint density at radius 2 is 2.00 bits per heavy atom. The molecule has 1 heterocycles. The lowest BCUT2D eigenvalue weighted by Crippen LogP contribution is -2.01. The first-order valence-electron chi connectivity index (χ1n) is 7.24. The third kappa shape index (κ3) is 3.39. The maximum absolute atomic E-state index is 13.3. The van der Waals surface area contributed by atoms with E-state index in [1.54, 1.807) is 16.9 Å². The van der Waals surface area contributed by atoms with Crippen LogP contribution in [0.4, 0.5) is 10.1 Å². The van der Waals surface area contributed by atoms with Gasteiger partial charge in [0.2, 0.25) is 0 Å². The number of hydrogen-bond donors (Lipinski definition) is 2. The first-order chi connectivity index (χ1) is 11.7. The Labute approximate surface area is 137 Å². The number of nitrogens with zero attached hydrogens (tertiary/aromatic N) is 4. The van der Waals surface area contributed by atoms with Crippen LogP contribution < -0.4 is 5.32 Å². The standard InChI is InChI=1S/C17H14FN5O/c18-17-6-1-12(7-13(17)8-19)9-20-14-2-4-16(5-3-14)23-10-15(11-24)21-22-23/h1-7,10,20,24H,9,11H2. The van der Waals surface area contributed by atoms with E-state index in [2.05, 4.69) is 15.6 Å². The van der Waals surface area contributed by atoms with E-state index in [0.717, 1.165) is 16.9 Å². The van der Waals surface area contributed by atoms with Crippen LogP contribution in [0.15, 0.2) is 48.7 Å². The molecule has 2 N–H and O–H groups in total. The molecule has 6 nitrogen and oxygen atoms in total. The Morgan fingerprint density at radius 1 is 1.21 bits per heavy atom. The highest BCUT2D eigenvalue weighted by Gasteiger charge is 2.04. The number of aliphatic hydroxyl groups is 1. The first-order valence-corrected chi connectivity index (χ1v) is 7.24. The van der Waals surface area contributed by atoms with Gasteiger partial charge in [0.15, 0.2) is 0 Å². The minimum atomic E-state index is -0.513. The SMILES string of the molecule is N#Cc1cc(CNc2ccc(-n3cc(CO)nn3)cc2)ccc1F. The van der Waals surface area contributed by atoms with Crippen LogP contribution in [0.3, 0.4) is 0 Å². The highest BCUT2D eigenvalue weighted by molar-refractivity contribution is 5.49. The third-order valence-corrected chi connectivity index (χ3v) is 3.48. The molecule has 0 atom stereocenters. The number of rotatable bonds is 5. The summed E-state index contributed by atoms with van der Waals surface area (Å²) in [5.74, 6) is -0.513. The maximum atomic E-state index is 13.3. The van der Waals surface area contributed by atoms with E-state index >= 15 is 0 Å². The van der Waals surface area contributed by atoms with Gasteiger partial charge in [-0.25, -0.2) is 9.07 Å². The number of hydrogen-bond acceptors (Lipinski definition) is 5. The van der Waals surface area contributed by atoms with Crippen molar-refractivity contribution in [2.45, 2.75) is 13.2 Å². The molecule has 0 saturated heterocycles. The lowest BCUT2D eigenvalue weighted by molar-refractivity contribution is 0.276. The van der Waals surface area contributed by atoms with E-state index in [9.17, 15) is 4.39 Å². The Morgan fingerprint density at radius 3 is 2.67 bits per heavy atom. The van der Waals surface area contributed by atoms with Crippen LogP contribution in [0.2, 0.25) is 0 Å². The summed E-state index contributed by atoms with van der Waals surface area (Å²) >= 11 is 0. The van der Waals surface area contributed by atoms with Crippen molar-refractivity contribution in [3.05, 3.63) is 71.3 Å². The van der Waals surface area contributed by atoms with Gasteiger partial charge in [0, 0.05) is 12.2 Å². The zero-order valence-electron chi connectivity index (χ0n) is 12.6. The first kappa shape index (κ1) is 15.6. The topological polar surface area (TPSA) is 86.8 Å². The highest BCUT2D eigenvalue weighted by Crippen LogP contribution is 2.15. The van der Waals surface area contributed by atoms with Gasteiger partial charge in [-0.2, -0.15) is 5.26 Å². The minimum Gasteiger partial charge on any atom is -0.390 e. The molecule has 2 aromatic carbocycles. The van der Waals surface area contributed by atoms with Crippen LogP contribution >= 0.6 is 0 Å². The number of aromatic nitrogens is 3. The van der Waals surface area contributed by atoms with E-state index in [1.807, 2.05) is 30.3 Å². The summed E-state index contributed by atoms with van der Waals surface area (Å²) in [5.41, 5.74) is 3.06. The van der Waals surface area contributed by atoms with Gasteiger partial charge in [-0.3, -0.25) is 0 Å². The molecule has 0 unspecified atom stereocenters. The van der Waals surface area contributed by atoms with E-state index in [0.29, 0.717) is 12.2 Å². The molecule has 3 aromatic rings. The molecule has 0 aliphatic heterocycles.